The molecule has 3 aromatic rings. The number of methoxy groups -OCH3 is 1. The number of phenols is 1. The summed E-state index contributed by atoms with van der Waals surface area (Å²) in [4.78, 5) is 9.31. The molecule has 1 aliphatic rings. The van der Waals surface area contributed by atoms with Crippen LogP contribution in [0.5, 0.6) is 11.5 Å². The lowest BCUT2D eigenvalue weighted by atomic mass is 9.95. The number of pyridine rings is 1. The molecule has 0 unspecified atom stereocenters. The molecule has 1 N–H and O–H groups in total. The van der Waals surface area contributed by atoms with Crippen molar-refractivity contribution in [2.45, 2.75) is 39.4 Å². The van der Waals surface area contributed by atoms with Gasteiger partial charge in [0.2, 0.25) is 0 Å². The van der Waals surface area contributed by atoms with E-state index in [1.807, 2.05) is 30.6 Å². The maximum atomic E-state index is 10.6. The van der Waals surface area contributed by atoms with Gasteiger partial charge in [-0.2, -0.15) is 0 Å². The van der Waals surface area contributed by atoms with Gasteiger partial charge in [-0.3, -0.25) is 14.8 Å². The minimum Gasteiger partial charge on any atom is -0.504 e. The summed E-state index contributed by atoms with van der Waals surface area (Å²) in [6.07, 6.45) is 6.13. The van der Waals surface area contributed by atoms with Crippen molar-refractivity contribution in [1.82, 2.24) is 14.8 Å². The van der Waals surface area contributed by atoms with E-state index in [4.69, 9.17) is 4.74 Å². The predicted molar refractivity (Wildman–Crippen MR) is 132 cm³/mol. The van der Waals surface area contributed by atoms with Crippen LogP contribution in [0.15, 0.2) is 67.0 Å². The average Bonchev–Trinajstić information content (AvgIpc) is 2.84. The molecule has 5 heteroatoms. The molecule has 0 saturated carbocycles. The highest BCUT2D eigenvalue weighted by Gasteiger charge is 2.23. The number of rotatable bonds is 9. The van der Waals surface area contributed by atoms with Gasteiger partial charge >= 0.3 is 0 Å². The van der Waals surface area contributed by atoms with Gasteiger partial charge in [-0.25, -0.2) is 0 Å². The van der Waals surface area contributed by atoms with Crippen molar-refractivity contribution >= 4 is 0 Å². The average molecular weight is 446 g/mol. The Kier molecular flexibility index (Phi) is 7.97. The molecule has 0 atom stereocenters. The van der Waals surface area contributed by atoms with Crippen LogP contribution >= 0.6 is 0 Å². The summed E-state index contributed by atoms with van der Waals surface area (Å²) in [6.45, 7) is 8.00. The summed E-state index contributed by atoms with van der Waals surface area (Å²) < 4.78 is 5.32. The maximum Gasteiger partial charge on any atom is 0.162 e. The molecule has 0 amide bonds. The van der Waals surface area contributed by atoms with Gasteiger partial charge in [0.1, 0.15) is 0 Å². The number of aromatic hydroxyl groups is 1. The van der Waals surface area contributed by atoms with E-state index in [0.717, 1.165) is 38.3 Å². The second kappa shape index (κ2) is 11.3. The van der Waals surface area contributed by atoms with Crippen LogP contribution in [0, 0.1) is 12.8 Å². The second-order valence-electron chi connectivity index (χ2n) is 9.14. The van der Waals surface area contributed by atoms with E-state index >= 15 is 0 Å². The molecule has 0 spiro atoms. The minimum atomic E-state index is 0.240. The summed E-state index contributed by atoms with van der Waals surface area (Å²) in [5.41, 5.74) is 4.90. The van der Waals surface area contributed by atoms with E-state index < -0.39 is 0 Å². The predicted octanol–water partition coefficient (Wildman–Crippen LogP) is 5.02. The van der Waals surface area contributed by atoms with Crippen LogP contribution in [-0.2, 0) is 19.6 Å². The van der Waals surface area contributed by atoms with E-state index in [2.05, 4.69) is 52.0 Å². The fraction of sp³-hybridized carbons (Fsp3) is 0.393. The zero-order valence-electron chi connectivity index (χ0n) is 19.8. The largest absolute Gasteiger partial charge is 0.504 e. The summed E-state index contributed by atoms with van der Waals surface area (Å²) in [5.74, 6) is 1.41. The highest BCUT2D eigenvalue weighted by Crippen LogP contribution is 2.31. The third-order valence-electron chi connectivity index (χ3n) is 6.70. The Hall–Kier alpha value is -2.89. The van der Waals surface area contributed by atoms with Crippen molar-refractivity contribution in [3.63, 3.8) is 0 Å². The number of para-hydroxylation sites is 1. The summed E-state index contributed by atoms with van der Waals surface area (Å²) >= 11 is 0. The second-order valence-corrected chi connectivity index (χ2v) is 9.14. The van der Waals surface area contributed by atoms with Crippen molar-refractivity contribution in [2.75, 3.05) is 26.7 Å². The van der Waals surface area contributed by atoms with Gasteiger partial charge in [-0.1, -0.05) is 42.5 Å². The van der Waals surface area contributed by atoms with Gasteiger partial charge in [-0.15, -0.1) is 0 Å². The first-order chi connectivity index (χ1) is 16.1. The molecule has 2 aromatic carbocycles. The number of nitrogens with zero attached hydrogens (tertiary/aromatic N) is 3. The van der Waals surface area contributed by atoms with Crippen LogP contribution in [0.1, 0.15) is 35.1 Å². The SMILES string of the molecule is COc1cccc(CN(Cc2cccnc2)CC2CCN(Cc3ccccc3C)CC2)c1O. The third-order valence-corrected chi connectivity index (χ3v) is 6.70. The van der Waals surface area contributed by atoms with E-state index in [0.29, 0.717) is 18.2 Å². The highest BCUT2D eigenvalue weighted by molar-refractivity contribution is 5.45. The van der Waals surface area contributed by atoms with E-state index in [-0.39, 0.29) is 5.75 Å². The van der Waals surface area contributed by atoms with Gasteiger partial charge in [-0.05, 0) is 67.6 Å². The Morgan fingerprint density at radius 2 is 1.79 bits per heavy atom. The van der Waals surface area contributed by atoms with E-state index in [1.54, 1.807) is 13.2 Å². The smallest absolute Gasteiger partial charge is 0.162 e. The normalized spacial score (nSPS) is 15.1. The van der Waals surface area contributed by atoms with Crippen molar-refractivity contribution in [3.8, 4) is 11.5 Å². The Labute approximate surface area is 197 Å². The first-order valence-electron chi connectivity index (χ1n) is 11.9. The van der Waals surface area contributed by atoms with Gasteiger partial charge in [0.05, 0.1) is 7.11 Å². The molecule has 0 bridgehead atoms. The molecule has 33 heavy (non-hydrogen) atoms. The standard InChI is InChI=1S/C28H35N3O2/c1-22-7-3-4-9-25(22)20-30-15-12-23(13-16-30)18-31(19-24-8-6-14-29-17-24)21-26-10-5-11-27(33-2)28(26)32/h3-11,14,17,23,32H,12-13,15-16,18-21H2,1-2H3. The monoisotopic (exact) mass is 445 g/mol. The Bertz CT molecular complexity index is 1020. The topological polar surface area (TPSA) is 48.8 Å². The number of aromatic nitrogens is 1. The number of hydrogen-bond donors (Lipinski definition) is 1. The lowest BCUT2D eigenvalue weighted by Crippen LogP contribution is -2.38. The quantitative estimate of drug-likeness (QED) is 0.501. The first-order valence-corrected chi connectivity index (χ1v) is 11.9. The molecular weight excluding hydrogens is 410 g/mol. The van der Waals surface area contributed by atoms with Crippen molar-refractivity contribution in [2.24, 2.45) is 5.92 Å². The van der Waals surface area contributed by atoms with E-state index in [1.165, 1.54) is 29.5 Å². The summed E-state index contributed by atoms with van der Waals surface area (Å²) in [6, 6.07) is 18.5. The van der Waals surface area contributed by atoms with Crippen LogP contribution in [0.2, 0.25) is 0 Å². The summed E-state index contributed by atoms with van der Waals surface area (Å²) in [7, 11) is 1.59. The van der Waals surface area contributed by atoms with Crippen molar-refractivity contribution in [1.29, 1.82) is 0 Å². The van der Waals surface area contributed by atoms with Crippen molar-refractivity contribution in [3.05, 3.63) is 89.2 Å². The molecule has 1 aromatic heterocycles. The first kappa shape index (κ1) is 23.3. The van der Waals surface area contributed by atoms with Gasteiger partial charge in [0, 0.05) is 44.1 Å². The van der Waals surface area contributed by atoms with Gasteiger partial charge < -0.3 is 9.84 Å². The number of phenolic OH excluding ortho intramolecular Hbond substituents is 1. The zero-order valence-corrected chi connectivity index (χ0v) is 19.8. The van der Waals surface area contributed by atoms with Gasteiger partial charge in [0.25, 0.3) is 0 Å². The number of likely N-dealkylation sites (tertiary alicyclic amines) is 1. The maximum absolute atomic E-state index is 10.6. The molecule has 2 heterocycles. The summed E-state index contributed by atoms with van der Waals surface area (Å²) in [5, 5.41) is 10.6. The van der Waals surface area contributed by atoms with Crippen molar-refractivity contribution < 1.29 is 9.84 Å². The number of benzene rings is 2. The molecule has 1 fully saturated rings. The van der Waals surface area contributed by atoms with Crippen LogP contribution in [0.3, 0.4) is 0 Å². The third kappa shape index (κ3) is 6.34. The molecule has 0 radical (unpaired) electrons. The molecule has 1 saturated heterocycles. The van der Waals surface area contributed by atoms with Crippen LogP contribution in [0.4, 0.5) is 0 Å². The number of piperidine rings is 1. The van der Waals surface area contributed by atoms with E-state index in [9.17, 15) is 5.11 Å². The van der Waals surface area contributed by atoms with Crippen LogP contribution in [-0.4, -0.2) is 46.6 Å². The van der Waals surface area contributed by atoms with Crippen LogP contribution < -0.4 is 4.74 Å². The molecular formula is C28H35N3O2. The number of hydrogen-bond acceptors (Lipinski definition) is 5. The fourth-order valence-corrected chi connectivity index (χ4v) is 4.76. The molecule has 174 valence electrons. The Morgan fingerprint density at radius 1 is 1.00 bits per heavy atom. The Balaban J connectivity index is 1.40. The molecule has 4 rings (SSSR count). The number of ether oxygens (including phenoxy) is 1. The Morgan fingerprint density at radius 3 is 2.52 bits per heavy atom. The lowest BCUT2D eigenvalue weighted by molar-refractivity contribution is 0.131. The molecule has 0 aliphatic carbocycles. The highest BCUT2D eigenvalue weighted by atomic mass is 16.5. The van der Waals surface area contributed by atoms with Gasteiger partial charge in [0.15, 0.2) is 11.5 Å². The number of aryl methyl sites for hydroxylation is 1. The minimum absolute atomic E-state index is 0.240. The molecule has 1 aliphatic heterocycles. The fourth-order valence-electron chi connectivity index (χ4n) is 4.76. The lowest BCUT2D eigenvalue weighted by Gasteiger charge is -2.35. The molecule has 5 nitrogen and oxygen atoms in total. The zero-order chi connectivity index (χ0) is 23.0. The van der Waals surface area contributed by atoms with Crippen LogP contribution in [0.25, 0.3) is 0 Å².